The number of hydrogen-bond acceptors (Lipinski definition) is 3. The van der Waals surface area contributed by atoms with Crippen molar-refractivity contribution in [1.29, 1.82) is 0 Å². The van der Waals surface area contributed by atoms with E-state index in [1.807, 2.05) is 26.0 Å². The van der Waals surface area contributed by atoms with E-state index in [9.17, 15) is 9.90 Å². The number of aromatic nitrogens is 2. The van der Waals surface area contributed by atoms with Gasteiger partial charge in [-0.05, 0) is 12.0 Å². The lowest BCUT2D eigenvalue weighted by Crippen LogP contribution is -2.15. The van der Waals surface area contributed by atoms with Gasteiger partial charge in [0.05, 0.1) is 0 Å². The lowest BCUT2D eigenvalue weighted by molar-refractivity contribution is 0.447. The van der Waals surface area contributed by atoms with Crippen molar-refractivity contribution >= 4 is 15.9 Å². The Morgan fingerprint density at radius 1 is 1.37 bits per heavy atom. The molecule has 19 heavy (non-hydrogen) atoms. The van der Waals surface area contributed by atoms with Gasteiger partial charge in [-0.3, -0.25) is 4.79 Å². The molecule has 0 bridgehead atoms. The minimum Gasteiger partial charge on any atom is -0.493 e. The molecule has 0 radical (unpaired) electrons. The zero-order valence-electron chi connectivity index (χ0n) is 10.8. The molecule has 5 heteroatoms. The minimum atomic E-state index is -0.324. The van der Waals surface area contributed by atoms with Crippen LogP contribution in [0.5, 0.6) is 5.88 Å². The first-order valence-electron chi connectivity index (χ1n) is 6.06. The maximum absolute atomic E-state index is 12.1. The van der Waals surface area contributed by atoms with Crippen LogP contribution < -0.4 is 5.56 Å². The van der Waals surface area contributed by atoms with Crippen molar-refractivity contribution in [3.8, 4) is 17.0 Å². The predicted octanol–water partition coefficient (Wildman–Crippen LogP) is 3.10. The second-order valence-electron chi connectivity index (χ2n) is 4.79. The van der Waals surface area contributed by atoms with Crippen molar-refractivity contribution in [2.45, 2.75) is 20.3 Å². The Hall–Kier alpha value is -1.62. The molecule has 0 saturated carbocycles. The van der Waals surface area contributed by atoms with Gasteiger partial charge in [0.2, 0.25) is 5.88 Å². The summed E-state index contributed by atoms with van der Waals surface area (Å²) in [5.74, 6) is 0.636. The van der Waals surface area contributed by atoms with Gasteiger partial charge in [0, 0.05) is 16.5 Å². The molecule has 2 aromatic rings. The third-order valence-electron chi connectivity index (χ3n) is 2.69. The molecule has 2 N–H and O–H groups in total. The van der Waals surface area contributed by atoms with Gasteiger partial charge in [0.25, 0.3) is 5.56 Å². The molecule has 2 rings (SSSR count). The highest BCUT2D eigenvalue weighted by atomic mass is 79.9. The Morgan fingerprint density at radius 2 is 2.05 bits per heavy atom. The van der Waals surface area contributed by atoms with Gasteiger partial charge < -0.3 is 10.1 Å². The standard InChI is InChI=1S/C14H15BrN2O2/c1-8(2)7-11-16-13(18)12(14(19)17-11)9-5-3-4-6-10(9)15/h3-6,8H,7H2,1-2H3,(H2,16,17,18,19). The number of H-pyrrole nitrogens is 1. The largest absolute Gasteiger partial charge is 0.493 e. The van der Waals surface area contributed by atoms with Gasteiger partial charge >= 0.3 is 0 Å². The smallest absolute Gasteiger partial charge is 0.262 e. The molecule has 0 atom stereocenters. The first-order chi connectivity index (χ1) is 8.99. The summed E-state index contributed by atoms with van der Waals surface area (Å²) in [7, 11) is 0. The summed E-state index contributed by atoms with van der Waals surface area (Å²) in [5.41, 5.74) is 0.500. The molecule has 0 unspecified atom stereocenters. The molecule has 0 saturated heterocycles. The van der Waals surface area contributed by atoms with Crippen LogP contribution in [0.25, 0.3) is 11.1 Å². The molecule has 0 amide bonds. The summed E-state index contributed by atoms with van der Waals surface area (Å²) in [6, 6.07) is 7.23. The predicted molar refractivity (Wildman–Crippen MR) is 78.2 cm³/mol. The van der Waals surface area contributed by atoms with E-state index in [4.69, 9.17) is 0 Å². The van der Waals surface area contributed by atoms with Crippen molar-refractivity contribution in [2.75, 3.05) is 0 Å². The van der Waals surface area contributed by atoms with Crippen LogP contribution >= 0.6 is 15.9 Å². The molecule has 100 valence electrons. The topological polar surface area (TPSA) is 66.0 Å². The highest BCUT2D eigenvalue weighted by Crippen LogP contribution is 2.30. The number of halogens is 1. The lowest BCUT2D eigenvalue weighted by atomic mass is 10.1. The van der Waals surface area contributed by atoms with Crippen molar-refractivity contribution < 1.29 is 5.11 Å². The lowest BCUT2D eigenvalue weighted by Gasteiger charge is -2.08. The number of nitrogens with one attached hydrogen (secondary N) is 1. The van der Waals surface area contributed by atoms with E-state index in [0.717, 1.165) is 4.47 Å². The molecule has 0 fully saturated rings. The number of rotatable bonds is 3. The van der Waals surface area contributed by atoms with Crippen LogP contribution in [0.2, 0.25) is 0 Å². The summed E-state index contributed by atoms with van der Waals surface area (Å²) in [6.07, 6.45) is 0.624. The van der Waals surface area contributed by atoms with E-state index in [1.165, 1.54) is 0 Å². The third kappa shape index (κ3) is 3.04. The Morgan fingerprint density at radius 3 is 2.63 bits per heavy atom. The molecule has 4 nitrogen and oxygen atoms in total. The Balaban J connectivity index is 2.55. The van der Waals surface area contributed by atoms with E-state index < -0.39 is 0 Å². The fourth-order valence-electron chi connectivity index (χ4n) is 1.90. The zero-order chi connectivity index (χ0) is 14.0. The molecule has 1 aromatic heterocycles. The van der Waals surface area contributed by atoms with E-state index in [1.54, 1.807) is 12.1 Å². The molecule has 0 aliphatic heterocycles. The Bertz CT molecular complexity index is 650. The van der Waals surface area contributed by atoms with Gasteiger partial charge in [-0.1, -0.05) is 48.0 Å². The number of benzene rings is 1. The fraction of sp³-hybridized carbons (Fsp3) is 0.286. The zero-order valence-corrected chi connectivity index (χ0v) is 12.4. The number of nitrogens with zero attached hydrogens (tertiary/aromatic N) is 1. The normalized spacial score (nSPS) is 10.9. The highest BCUT2D eigenvalue weighted by Gasteiger charge is 2.15. The van der Waals surface area contributed by atoms with Crippen molar-refractivity contribution in [1.82, 2.24) is 9.97 Å². The van der Waals surface area contributed by atoms with E-state index in [-0.39, 0.29) is 17.0 Å². The summed E-state index contributed by atoms with van der Waals surface area (Å²) in [5, 5.41) is 10.0. The number of aromatic hydroxyl groups is 1. The van der Waals surface area contributed by atoms with Crippen LogP contribution in [0.15, 0.2) is 33.5 Å². The summed E-state index contributed by atoms with van der Waals surface area (Å²) < 4.78 is 0.745. The van der Waals surface area contributed by atoms with Crippen LogP contribution in [0.1, 0.15) is 19.7 Å². The van der Waals surface area contributed by atoms with E-state index in [2.05, 4.69) is 25.9 Å². The van der Waals surface area contributed by atoms with Crippen LogP contribution in [0, 0.1) is 5.92 Å². The van der Waals surface area contributed by atoms with Crippen molar-refractivity contribution in [3.05, 3.63) is 44.9 Å². The first kappa shape index (κ1) is 13.8. The van der Waals surface area contributed by atoms with E-state index in [0.29, 0.717) is 23.7 Å². The number of aromatic amines is 1. The average Bonchev–Trinajstić information content (AvgIpc) is 2.29. The maximum atomic E-state index is 12.1. The molecule has 0 aliphatic carbocycles. The summed E-state index contributed by atoms with van der Waals surface area (Å²) in [6.45, 7) is 4.05. The second-order valence-corrected chi connectivity index (χ2v) is 5.64. The van der Waals surface area contributed by atoms with Crippen LogP contribution in [0.3, 0.4) is 0 Å². The third-order valence-corrected chi connectivity index (χ3v) is 3.39. The van der Waals surface area contributed by atoms with Gasteiger partial charge in [-0.25, -0.2) is 0 Å². The second kappa shape index (κ2) is 5.57. The minimum absolute atomic E-state index is 0.194. The SMILES string of the molecule is CC(C)Cc1nc(O)c(-c2ccccc2Br)c(=O)[nH]1. The Kier molecular flexibility index (Phi) is 4.04. The summed E-state index contributed by atoms with van der Waals surface area (Å²) in [4.78, 5) is 18.9. The first-order valence-corrected chi connectivity index (χ1v) is 6.85. The van der Waals surface area contributed by atoms with E-state index >= 15 is 0 Å². The quantitative estimate of drug-likeness (QED) is 0.912. The fourth-order valence-corrected chi connectivity index (χ4v) is 2.38. The van der Waals surface area contributed by atoms with Crippen molar-refractivity contribution in [2.24, 2.45) is 5.92 Å². The van der Waals surface area contributed by atoms with Gasteiger partial charge in [-0.15, -0.1) is 0 Å². The molecular formula is C14H15BrN2O2. The molecule has 1 heterocycles. The van der Waals surface area contributed by atoms with Crippen molar-refractivity contribution in [3.63, 3.8) is 0 Å². The molecular weight excluding hydrogens is 308 g/mol. The molecule has 0 spiro atoms. The van der Waals surface area contributed by atoms with Crippen LogP contribution in [-0.2, 0) is 6.42 Å². The molecule has 0 aliphatic rings. The van der Waals surface area contributed by atoms with Gasteiger partial charge in [0.15, 0.2) is 0 Å². The average molecular weight is 323 g/mol. The molecule has 1 aromatic carbocycles. The Labute approximate surface area is 119 Å². The van der Waals surface area contributed by atoms with Crippen LogP contribution in [-0.4, -0.2) is 15.1 Å². The summed E-state index contributed by atoms with van der Waals surface area (Å²) >= 11 is 3.37. The monoisotopic (exact) mass is 322 g/mol. The van der Waals surface area contributed by atoms with Gasteiger partial charge in [-0.2, -0.15) is 4.98 Å². The van der Waals surface area contributed by atoms with Gasteiger partial charge in [0.1, 0.15) is 11.4 Å². The highest BCUT2D eigenvalue weighted by molar-refractivity contribution is 9.10. The maximum Gasteiger partial charge on any atom is 0.262 e. The number of hydrogen-bond donors (Lipinski definition) is 2. The van der Waals surface area contributed by atoms with Crippen LogP contribution in [0.4, 0.5) is 0 Å².